The number of anilines is 1. The first-order chi connectivity index (χ1) is 11.3. The van der Waals surface area contributed by atoms with Gasteiger partial charge in [0.2, 0.25) is 0 Å². The first kappa shape index (κ1) is 15.6. The second-order valence-corrected chi connectivity index (χ2v) is 5.95. The highest BCUT2D eigenvalue weighted by atomic mass is 16.1. The summed E-state index contributed by atoms with van der Waals surface area (Å²) in [5.41, 5.74) is 1.62. The van der Waals surface area contributed by atoms with Crippen molar-refractivity contribution in [3.8, 4) is 0 Å². The Labute approximate surface area is 136 Å². The minimum atomic E-state index is -0.228. The van der Waals surface area contributed by atoms with Crippen molar-refractivity contribution in [2.45, 2.75) is 25.7 Å². The van der Waals surface area contributed by atoms with Crippen molar-refractivity contribution in [1.82, 2.24) is 15.3 Å². The molecule has 2 aromatic heterocycles. The number of carbonyl (C=O) groups excluding carboxylic acids is 1. The van der Waals surface area contributed by atoms with Crippen molar-refractivity contribution >= 4 is 11.7 Å². The molecule has 1 amide bonds. The average Bonchev–Trinajstić information content (AvgIpc) is 2.62. The summed E-state index contributed by atoms with van der Waals surface area (Å²) >= 11 is 0. The Kier molecular flexibility index (Phi) is 5.32. The molecule has 1 aliphatic rings. The van der Waals surface area contributed by atoms with Crippen LogP contribution in [0, 0.1) is 5.92 Å². The molecular formula is C18H22N4O. The fourth-order valence-corrected chi connectivity index (χ4v) is 2.92. The largest absolute Gasteiger partial charge is 0.317 e. The third-order valence-corrected chi connectivity index (χ3v) is 4.26. The van der Waals surface area contributed by atoms with Crippen molar-refractivity contribution in [2.24, 2.45) is 5.92 Å². The van der Waals surface area contributed by atoms with Crippen LogP contribution in [0.2, 0.25) is 0 Å². The van der Waals surface area contributed by atoms with Gasteiger partial charge in [-0.05, 0) is 74.5 Å². The molecule has 1 fully saturated rings. The van der Waals surface area contributed by atoms with E-state index in [9.17, 15) is 4.79 Å². The minimum Gasteiger partial charge on any atom is -0.317 e. The summed E-state index contributed by atoms with van der Waals surface area (Å²) in [4.78, 5) is 20.4. The molecule has 0 aromatic carbocycles. The summed E-state index contributed by atoms with van der Waals surface area (Å²) in [6.45, 7) is 2.26. The SMILES string of the molecule is O=C(Nc1cc(CCC2CCNCC2)ccn1)c1ccccn1. The first-order valence-corrected chi connectivity index (χ1v) is 8.19. The van der Waals surface area contributed by atoms with Gasteiger partial charge in [0.25, 0.3) is 5.91 Å². The molecule has 0 bridgehead atoms. The quantitative estimate of drug-likeness (QED) is 0.891. The lowest BCUT2D eigenvalue weighted by Gasteiger charge is -2.22. The van der Waals surface area contributed by atoms with Gasteiger partial charge < -0.3 is 10.6 Å². The summed E-state index contributed by atoms with van der Waals surface area (Å²) < 4.78 is 0. The lowest BCUT2D eigenvalue weighted by molar-refractivity contribution is 0.102. The molecule has 2 aromatic rings. The van der Waals surface area contributed by atoms with Crippen molar-refractivity contribution in [1.29, 1.82) is 0 Å². The molecule has 120 valence electrons. The van der Waals surface area contributed by atoms with E-state index in [1.54, 1.807) is 30.6 Å². The van der Waals surface area contributed by atoms with Crippen LogP contribution in [0.25, 0.3) is 0 Å². The lowest BCUT2D eigenvalue weighted by Crippen LogP contribution is -2.27. The number of nitrogens with zero attached hydrogens (tertiary/aromatic N) is 2. The van der Waals surface area contributed by atoms with Gasteiger partial charge >= 0.3 is 0 Å². The van der Waals surface area contributed by atoms with Gasteiger partial charge in [-0.2, -0.15) is 0 Å². The number of aromatic nitrogens is 2. The number of amides is 1. The van der Waals surface area contributed by atoms with E-state index in [1.807, 2.05) is 12.1 Å². The minimum absolute atomic E-state index is 0.228. The summed E-state index contributed by atoms with van der Waals surface area (Å²) in [5, 5.41) is 6.21. The topological polar surface area (TPSA) is 66.9 Å². The molecule has 1 aliphatic heterocycles. The Bertz CT molecular complexity index is 638. The first-order valence-electron chi connectivity index (χ1n) is 8.19. The van der Waals surface area contributed by atoms with Crippen LogP contribution in [-0.4, -0.2) is 29.0 Å². The third kappa shape index (κ3) is 4.60. The van der Waals surface area contributed by atoms with Crippen LogP contribution >= 0.6 is 0 Å². The van der Waals surface area contributed by atoms with Crippen LogP contribution in [0.4, 0.5) is 5.82 Å². The molecule has 1 saturated heterocycles. The van der Waals surface area contributed by atoms with Gasteiger partial charge in [-0.25, -0.2) is 4.98 Å². The number of aryl methyl sites for hydroxylation is 1. The number of nitrogens with one attached hydrogen (secondary N) is 2. The standard InChI is InChI=1S/C18H22N4O/c23-18(16-3-1-2-9-20-16)22-17-13-15(8-12-21-17)5-4-14-6-10-19-11-7-14/h1-3,8-9,12-14,19H,4-7,10-11H2,(H,21,22,23). The van der Waals surface area contributed by atoms with Crippen molar-refractivity contribution in [2.75, 3.05) is 18.4 Å². The average molecular weight is 310 g/mol. The van der Waals surface area contributed by atoms with Gasteiger partial charge in [0.1, 0.15) is 11.5 Å². The summed E-state index contributed by atoms with van der Waals surface area (Å²) in [7, 11) is 0. The molecule has 3 rings (SSSR count). The Hall–Kier alpha value is -2.27. The fourth-order valence-electron chi connectivity index (χ4n) is 2.92. The maximum absolute atomic E-state index is 12.1. The van der Waals surface area contributed by atoms with Gasteiger partial charge in [-0.1, -0.05) is 6.07 Å². The van der Waals surface area contributed by atoms with Crippen LogP contribution < -0.4 is 10.6 Å². The van der Waals surface area contributed by atoms with Crippen molar-refractivity contribution in [3.63, 3.8) is 0 Å². The predicted octanol–water partition coefficient (Wildman–Crippen LogP) is 2.66. The molecule has 0 saturated carbocycles. The molecule has 3 heterocycles. The maximum atomic E-state index is 12.1. The van der Waals surface area contributed by atoms with Crippen molar-refractivity contribution < 1.29 is 4.79 Å². The van der Waals surface area contributed by atoms with Gasteiger partial charge in [-0.3, -0.25) is 9.78 Å². The number of pyridine rings is 2. The predicted molar refractivity (Wildman–Crippen MR) is 90.3 cm³/mol. The van der Waals surface area contributed by atoms with Crippen LogP contribution in [0.1, 0.15) is 35.3 Å². The van der Waals surface area contributed by atoms with E-state index in [1.165, 1.54) is 24.8 Å². The second kappa shape index (κ2) is 7.83. The van der Waals surface area contributed by atoms with E-state index in [0.29, 0.717) is 11.5 Å². The Balaban J connectivity index is 1.57. The smallest absolute Gasteiger partial charge is 0.275 e. The summed E-state index contributed by atoms with van der Waals surface area (Å²) in [6, 6.07) is 9.26. The van der Waals surface area contributed by atoms with Crippen LogP contribution in [-0.2, 0) is 6.42 Å². The molecule has 0 unspecified atom stereocenters. The van der Waals surface area contributed by atoms with E-state index < -0.39 is 0 Å². The molecule has 0 radical (unpaired) electrons. The lowest BCUT2D eigenvalue weighted by atomic mass is 9.91. The van der Waals surface area contributed by atoms with E-state index >= 15 is 0 Å². The van der Waals surface area contributed by atoms with Gasteiger partial charge in [0.15, 0.2) is 0 Å². The zero-order chi connectivity index (χ0) is 15.9. The fraction of sp³-hybridized carbons (Fsp3) is 0.389. The normalized spacial score (nSPS) is 15.3. The molecule has 0 aliphatic carbocycles. The summed E-state index contributed by atoms with van der Waals surface area (Å²) in [6.07, 6.45) is 8.10. The summed E-state index contributed by atoms with van der Waals surface area (Å²) in [5.74, 6) is 1.16. The van der Waals surface area contributed by atoms with Crippen LogP contribution in [0.3, 0.4) is 0 Å². The number of hydrogen-bond acceptors (Lipinski definition) is 4. The van der Waals surface area contributed by atoms with E-state index in [2.05, 4.69) is 20.6 Å². The van der Waals surface area contributed by atoms with E-state index in [0.717, 1.165) is 25.4 Å². The molecule has 0 spiro atoms. The van der Waals surface area contributed by atoms with E-state index in [-0.39, 0.29) is 5.91 Å². The van der Waals surface area contributed by atoms with Gasteiger partial charge in [0, 0.05) is 12.4 Å². The van der Waals surface area contributed by atoms with Gasteiger partial charge in [-0.15, -0.1) is 0 Å². The van der Waals surface area contributed by atoms with Crippen LogP contribution in [0.5, 0.6) is 0 Å². The molecule has 5 nitrogen and oxygen atoms in total. The molecule has 2 N–H and O–H groups in total. The molecule has 23 heavy (non-hydrogen) atoms. The number of piperidine rings is 1. The Morgan fingerprint density at radius 1 is 1.17 bits per heavy atom. The van der Waals surface area contributed by atoms with Gasteiger partial charge in [0.05, 0.1) is 0 Å². The zero-order valence-electron chi connectivity index (χ0n) is 13.2. The number of hydrogen-bond donors (Lipinski definition) is 2. The zero-order valence-corrected chi connectivity index (χ0v) is 13.2. The highest BCUT2D eigenvalue weighted by Crippen LogP contribution is 2.19. The highest BCUT2D eigenvalue weighted by Gasteiger charge is 2.13. The van der Waals surface area contributed by atoms with E-state index in [4.69, 9.17) is 0 Å². The Morgan fingerprint density at radius 2 is 2.04 bits per heavy atom. The van der Waals surface area contributed by atoms with Crippen LogP contribution in [0.15, 0.2) is 42.7 Å². The number of carbonyl (C=O) groups is 1. The number of rotatable bonds is 5. The second-order valence-electron chi connectivity index (χ2n) is 5.95. The van der Waals surface area contributed by atoms with Crippen molar-refractivity contribution in [3.05, 3.63) is 54.0 Å². The molecule has 5 heteroatoms. The highest BCUT2D eigenvalue weighted by molar-refractivity contribution is 6.02. The monoisotopic (exact) mass is 310 g/mol. The molecule has 0 atom stereocenters. The third-order valence-electron chi connectivity index (χ3n) is 4.26. The Morgan fingerprint density at radius 3 is 2.83 bits per heavy atom. The molecular weight excluding hydrogens is 288 g/mol. The maximum Gasteiger partial charge on any atom is 0.275 e.